The Morgan fingerprint density at radius 1 is 0.880 bits per heavy atom. The van der Waals surface area contributed by atoms with E-state index in [2.05, 4.69) is 15.3 Å². The maximum atomic E-state index is 12.3. The normalized spacial score (nSPS) is 10.2. The maximum Gasteiger partial charge on any atom is 0.336 e. The molecule has 0 unspecified atom stereocenters. The molecule has 0 aliphatic heterocycles. The van der Waals surface area contributed by atoms with E-state index in [1.807, 2.05) is 12.1 Å². The van der Waals surface area contributed by atoms with Crippen LogP contribution in [0.25, 0.3) is 0 Å². The molecule has 6 heteroatoms. The molecule has 124 valence electrons. The number of carboxylic acid groups (broad SMARTS) is 1. The number of aromatic carboxylic acids is 1. The summed E-state index contributed by atoms with van der Waals surface area (Å²) in [6.07, 6.45) is 3.98. The zero-order chi connectivity index (χ0) is 17.6. The van der Waals surface area contributed by atoms with Crippen LogP contribution in [0.1, 0.15) is 32.1 Å². The van der Waals surface area contributed by atoms with Crippen molar-refractivity contribution in [2.45, 2.75) is 6.42 Å². The van der Waals surface area contributed by atoms with Crippen molar-refractivity contribution in [2.24, 2.45) is 0 Å². The summed E-state index contributed by atoms with van der Waals surface area (Å²) in [5.74, 6) is -0.879. The topological polar surface area (TPSA) is 92.2 Å². The Bertz CT molecular complexity index is 893. The van der Waals surface area contributed by atoms with Crippen LogP contribution in [0.2, 0.25) is 0 Å². The average molecular weight is 333 g/mol. The molecule has 0 fully saturated rings. The Kier molecular flexibility index (Phi) is 4.80. The first-order valence-corrected chi connectivity index (χ1v) is 7.62. The van der Waals surface area contributed by atoms with Gasteiger partial charge in [-0.1, -0.05) is 24.3 Å². The number of rotatable bonds is 5. The van der Waals surface area contributed by atoms with Gasteiger partial charge in [0, 0.05) is 24.5 Å². The van der Waals surface area contributed by atoms with E-state index in [4.69, 9.17) is 5.11 Å². The van der Waals surface area contributed by atoms with Gasteiger partial charge in [-0.2, -0.15) is 0 Å². The minimum Gasteiger partial charge on any atom is -0.478 e. The van der Waals surface area contributed by atoms with Gasteiger partial charge in [-0.3, -0.25) is 4.79 Å². The molecule has 1 amide bonds. The van der Waals surface area contributed by atoms with E-state index in [9.17, 15) is 9.59 Å². The molecule has 0 aliphatic carbocycles. The number of carbonyl (C=O) groups is 2. The van der Waals surface area contributed by atoms with Gasteiger partial charge in [-0.25, -0.2) is 14.8 Å². The lowest BCUT2D eigenvalue weighted by atomic mass is 10.1. The van der Waals surface area contributed by atoms with Crippen molar-refractivity contribution < 1.29 is 14.7 Å². The molecule has 0 atom stereocenters. The Hall–Kier alpha value is -3.54. The molecule has 3 rings (SSSR count). The van der Waals surface area contributed by atoms with E-state index < -0.39 is 11.9 Å². The van der Waals surface area contributed by atoms with Gasteiger partial charge in [0.1, 0.15) is 5.82 Å². The molecular weight excluding hydrogens is 318 g/mol. The first-order chi connectivity index (χ1) is 12.1. The molecule has 0 spiro atoms. The highest BCUT2D eigenvalue weighted by atomic mass is 16.4. The number of nitrogens with zero attached hydrogens (tertiary/aromatic N) is 2. The summed E-state index contributed by atoms with van der Waals surface area (Å²) in [6, 6.07) is 15.1. The number of amides is 1. The smallest absolute Gasteiger partial charge is 0.336 e. The van der Waals surface area contributed by atoms with Gasteiger partial charge in [0.2, 0.25) is 0 Å². The summed E-state index contributed by atoms with van der Waals surface area (Å²) in [7, 11) is 0. The predicted octanol–water partition coefficient (Wildman–Crippen LogP) is 3.02. The summed E-state index contributed by atoms with van der Waals surface area (Å²) >= 11 is 0. The summed E-state index contributed by atoms with van der Waals surface area (Å²) < 4.78 is 0. The number of anilines is 1. The minimum atomic E-state index is -1.14. The Morgan fingerprint density at radius 3 is 2.16 bits per heavy atom. The quantitative estimate of drug-likeness (QED) is 0.749. The van der Waals surface area contributed by atoms with Gasteiger partial charge in [-0.15, -0.1) is 0 Å². The van der Waals surface area contributed by atoms with Crippen LogP contribution in [0.5, 0.6) is 0 Å². The van der Waals surface area contributed by atoms with Crippen molar-refractivity contribution in [1.82, 2.24) is 9.97 Å². The maximum absolute atomic E-state index is 12.3. The number of carboxylic acids is 1. The number of hydrogen-bond donors (Lipinski definition) is 2. The number of hydrogen-bond acceptors (Lipinski definition) is 4. The second-order valence-electron chi connectivity index (χ2n) is 5.34. The number of nitrogens with one attached hydrogen (secondary N) is 1. The number of carbonyl (C=O) groups excluding carboxylic acids is 1. The van der Waals surface area contributed by atoms with Crippen molar-refractivity contribution in [3.8, 4) is 0 Å². The van der Waals surface area contributed by atoms with E-state index in [-0.39, 0.29) is 11.1 Å². The van der Waals surface area contributed by atoms with Gasteiger partial charge in [0.05, 0.1) is 11.1 Å². The summed E-state index contributed by atoms with van der Waals surface area (Å²) in [5.41, 5.74) is 1.69. The van der Waals surface area contributed by atoms with Gasteiger partial charge in [0.25, 0.3) is 5.91 Å². The average Bonchev–Trinajstić information content (AvgIpc) is 2.64. The van der Waals surface area contributed by atoms with E-state index in [1.54, 1.807) is 42.7 Å². The summed E-state index contributed by atoms with van der Waals surface area (Å²) in [6.45, 7) is 0. The van der Waals surface area contributed by atoms with E-state index >= 15 is 0 Å². The predicted molar refractivity (Wildman–Crippen MR) is 92.6 cm³/mol. The lowest BCUT2D eigenvalue weighted by Crippen LogP contribution is -2.16. The van der Waals surface area contributed by atoms with E-state index in [1.165, 1.54) is 12.1 Å². The molecule has 1 heterocycles. The standard InChI is InChI=1S/C19H15N3O3/c23-18(15-4-1-2-5-16(15)19(24)25)22-14-8-6-13(7-9-14)12-17-20-10-3-11-21-17/h1-11H,12H2,(H,22,23)(H,24,25). The lowest BCUT2D eigenvalue weighted by Gasteiger charge is -2.08. The van der Waals surface area contributed by atoms with Crippen molar-refractivity contribution in [2.75, 3.05) is 5.32 Å². The molecule has 0 saturated carbocycles. The largest absolute Gasteiger partial charge is 0.478 e. The molecule has 2 N–H and O–H groups in total. The highest BCUT2D eigenvalue weighted by Gasteiger charge is 2.15. The van der Waals surface area contributed by atoms with Crippen molar-refractivity contribution in [3.63, 3.8) is 0 Å². The molecule has 25 heavy (non-hydrogen) atoms. The third kappa shape index (κ3) is 4.06. The Balaban J connectivity index is 1.71. The van der Waals surface area contributed by atoms with Crippen molar-refractivity contribution in [1.29, 1.82) is 0 Å². The summed E-state index contributed by atoms with van der Waals surface area (Å²) in [4.78, 5) is 31.9. The molecule has 3 aromatic rings. The molecule has 6 nitrogen and oxygen atoms in total. The van der Waals surface area contributed by atoms with Crippen LogP contribution in [-0.2, 0) is 6.42 Å². The highest BCUT2D eigenvalue weighted by Crippen LogP contribution is 2.15. The first-order valence-electron chi connectivity index (χ1n) is 7.62. The third-order valence-electron chi connectivity index (χ3n) is 3.60. The van der Waals surface area contributed by atoms with Crippen LogP contribution in [0.3, 0.4) is 0 Å². The van der Waals surface area contributed by atoms with Gasteiger partial charge < -0.3 is 10.4 Å². The van der Waals surface area contributed by atoms with Gasteiger partial charge >= 0.3 is 5.97 Å². The molecule has 1 aromatic heterocycles. The molecule has 0 aliphatic rings. The van der Waals surface area contributed by atoms with E-state index in [0.29, 0.717) is 12.1 Å². The van der Waals surface area contributed by atoms with E-state index in [0.717, 1.165) is 11.4 Å². The second-order valence-corrected chi connectivity index (χ2v) is 5.34. The van der Waals surface area contributed by atoms with Crippen LogP contribution in [0, 0.1) is 0 Å². The molecular formula is C19H15N3O3. The van der Waals surface area contributed by atoms with Crippen LogP contribution < -0.4 is 5.32 Å². The van der Waals surface area contributed by atoms with Crippen molar-refractivity contribution >= 4 is 17.6 Å². The van der Waals surface area contributed by atoms with Crippen LogP contribution in [0.15, 0.2) is 67.0 Å². The molecule has 0 bridgehead atoms. The Labute approximate surface area is 144 Å². The fourth-order valence-electron chi connectivity index (χ4n) is 2.38. The zero-order valence-corrected chi connectivity index (χ0v) is 13.2. The SMILES string of the molecule is O=C(O)c1ccccc1C(=O)Nc1ccc(Cc2ncccn2)cc1. The number of benzene rings is 2. The highest BCUT2D eigenvalue weighted by molar-refractivity contribution is 6.10. The van der Waals surface area contributed by atoms with Crippen molar-refractivity contribution in [3.05, 3.63) is 89.5 Å². The van der Waals surface area contributed by atoms with Gasteiger partial charge in [-0.05, 0) is 35.9 Å². The van der Waals surface area contributed by atoms with Crippen LogP contribution in [-0.4, -0.2) is 27.0 Å². The monoisotopic (exact) mass is 333 g/mol. The molecule has 0 radical (unpaired) electrons. The third-order valence-corrected chi connectivity index (χ3v) is 3.60. The fraction of sp³-hybridized carbons (Fsp3) is 0.0526. The fourth-order valence-corrected chi connectivity index (χ4v) is 2.38. The van der Waals surface area contributed by atoms with Crippen LogP contribution in [0.4, 0.5) is 5.69 Å². The van der Waals surface area contributed by atoms with Crippen LogP contribution >= 0.6 is 0 Å². The summed E-state index contributed by atoms with van der Waals surface area (Å²) in [5, 5.41) is 11.9. The first kappa shape index (κ1) is 16.3. The minimum absolute atomic E-state index is 0.0298. The number of aromatic nitrogens is 2. The molecule has 0 saturated heterocycles. The second kappa shape index (κ2) is 7.35. The zero-order valence-electron chi connectivity index (χ0n) is 13.2. The Morgan fingerprint density at radius 2 is 1.52 bits per heavy atom. The lowest BCUT2D eigenvalue weighted by molar-refractivity contribution is 0.0692. The molecule has 2 aromatic carbocycles. The van der Waals surface area contributed by atoms with Gasteiger partial charge in [0.15, 0.2) is 0 Å².